The minimum absolute atomic E-state index is 0.0296. The molecule has 104 valence electrons. The molecule has 0 saturated heterocycles. The highest BCUT2D eigenvalue weighted by atomic mass is 19.4. The molecule has 0 fully saturated rings. The average molecular weight is 275 g/mol. The average Bonchev–Trinajstić information content (AvgIpc) is 2.21. The number of alkyl halides is 5. The Bertz CT molecular complexity index is 351. The lowest BCUT2D eigenvalue weighted by Gasteiger charge is -2.18. The summed E-state index contributed by atoms with van der Waals surface area (Å²) in [7, 11) is 0. The number of rotatable bonds is 5. The summed E-state index contributed by atoms with van der Waals surface area (Å²) in [5.41, 5.74) is 0.0296. The first-order chi connectivity index (χ1) is 8.00. The number of carbonyl (C=O) groups excluding carboxylic acids is 2. The van der Waals surface area contributed by atoms with Crippen LogP contribution in [0.4, 0.5) is 22.0 Å². The van der Waals surface area contributed by atoms with Crippen LogP contribution in [0.1, 0.15) is 6.92 Å². The molecule has 0 heterocycles. The van der Waals surface area contributed by atoms with Crippen LogP contribution in [0.2, 0.25) is 0 Å². The first-order valence-corrected chi connectivity index (χ1v) is 4.55. The van der Waals surface area contributed by atoms with Crippen LogP contribution in [-0.4, -0.2) is 37.1 Å². The summed E-state index contributed by atoms with van der Waals surface area (Å²) < 4.78 is 64.3. The van der Waals surface area contributed by atoms with Gasteiger partial charge in [-0.05, 0) is 6.92 Å². The molecule has 0 bridgehead atoms. The third-order valence-corrected chi connectivity index (χ3v) is 1.61. The van der Waals surface area contributed by atoms with Crippen molar-refractivity contribution in [3.05, 3.63) is 12.2 Å². The van der Waals surface area contributed by atoms with E-state index in [2.05, 4.69) is 11.3 Å². The van der Waals surface area contributed by atoms with E-state index in [4.69, 9.17) is 0 Å². The predicted octanol–water partition coefficient (Wildman–Crippen LogP) is 1.42. The Morgan fingerprint density at radius 3 is 2.11 bits per heavy atom. The second kappa shape index (κ2) is 5.78. The van der Waals surface area contributed by atoms with Gasteiger partial charge in [0.1, 0.15) is 6.61 Å². The summed E-state index contributed by atoms with van der Waals surface area (Å²) in [6.45, 7) is 3.33. The molecular formula is C9H10F5NO3. The molecule has 0 aromatic heterocycles. The molecule has 18 heavy (non-hydrogen) atoms. The van der Waals surface area contributed by atoms with Crippen molar-refractivity contribution in [1.29, 1.82) is 0 Å². The van der Waals surface area contributed by atoms with Crippen molar-refractivity contribution in [1.82, 2.24) is 5.32 Å². The van der Waals surface area contributed by atoms with E-state index >= 15 is 0 Å². The minimum Gasteiger partial charge on any atom is -0.460 e. The Kier molecular flexibility index (Phi) is 5.25. The largest absolute Gasteiger partial charge is 0.463 e. The maximum absolute atomic E-state index is 12.4. The van der Waals surface area contributed by atoms with Gasteiger partial charge in [-0.1, -0.05) is 6.58 Å². The van der Waals surface area contributed by atoms with Crippen LogP contribution < -0.4 is 5.32 Å². The summed E-state index contributed by atoms with van der Waals surface area (Å²) in [6, 6.07) is 0. The molecule has 0 saturated carbocycles. The second-order valence-electron chi connectivity index (χ2n) is 3.24. The monoisotopic (exact) mass is 275 g/mol. The van der Waals surface area contributed by atoms with Crippen LogP contribution >= 0.6 is 0 Å². The quantitative estimate of drug-likeness (QED) is 0.357. The number of esters is 1. The van der Waals surface area contributed by atoms with Crippen molar-refractivity contribution in [3.8, 4) is 0 Å². The molecule has 0 aliphatic rings. The van der Waals surface area contributed by atoms with Crippen LogP contribution in [0, 0.1) is 0 Å². The van der Waals surface area contributed by atoms with Crippen molar-refractivity contribution in [2.75, 3.05) is 13.2 Å². The van der Waals surface area contributed by atoms with E-state index in [1.54, 1.807) is 0 Å². The van der Waals surface area contributed by atoms with Gasteiger partial charge in [-0.15, -0.1) is 0 Å². The molecule has 0 aliphatic heterocycles. The molecule has 0 spiro atoms. The molecular weight excluding hydrogens is 265 g/mol. The van der Waals surface area contributed by atoms with Crippen LogP contribution in [0.5, 0.6) is 0 Å². The van der Waals surface area contributed by atoms with E-state index in [1.165, 1.54) is 12.2 Å². The Labute approximate surface area is 98.8 Å². The zero-order chi connectivity index (χ0) is 14.6. The van der Waals surface area contributed by atoms with Gasteiger partial charge in [-0.3, -0.25) is 4.79 Å². The SMILES string of the molecule is C=C(C)C(=O)OCCNC(=O)C(F)(F)C(F)(F)F. The third-order valence-electron chi connectivity index (χ3n) is 1.61. The number of carbonyl (C=O) groups is 2. The van der Waals surface area contributed by atoms with E-state index in [-0.39, 0.29) is 5.57 Å². The summed E-state index contributed by atoms with van der Waals surface area (Å²) in [5.74, 6) is -8.82. The van der Waals surface area contributed by atoms with Gasteiger partial charge in [0.15, 0.2) is 0 Å². The first-order valence-electron chi connectivity index (χ1n) is 4.55. The third kappa shape index (κ3) is 4.30. The smallest absolute Gasteiger partial charge is 0.460 e. The summed E-state index contributed by atoms with van der Waals surface area (Å²) >= 11 is 0. The summed E-state index contributed by atoms with van der Waals surface area (Å²) in [6.07, 6.45) is -5.97. The van der Waals surface area contributed by atoms with Gasteiger partial charge >= 0.3 is 18.1 Å². The van der Waals surface area contributed by atoms with Crippen LogP contribution in [0.3, 0.4) is 0 Å². The van der Waals surface area contributed by atoms with Gasteiger partial charge in [0.2, 0.25) is 0 Å². The van der Waals surface area contributed by atoms with E-state index in [0.717, 1.165) is 0 Å². The molecule has 0 radical (unpaired) electrons. The van der Waals surface area contributed by atoms with Crippen molar-refractivity contribution in [2.24, 2.45) is 0 Å². The van der Waals surface area contributed by atoms with Crippen LogP contribution in [-0.2, 0) is 14.3 Å². The highest BCUT2D eigenvalue weighted by Gasteiger charge is 2.63. The van der Waals surface area contributed by atoms with Gasteiger partial charge in [-0.2, -0.15) is 22.0 Å². The van der Waals surface area contributed by atoms with Gasteiger partial charge < -0.3 is 10.1 Å². The molecule has 0 aliphatic carbocycles. The Balaban J connectivity index is 4.14. The highest BCUT2D eigenvalue weighted by molar-refractivity contribution is 5.87. The lowest BCUT2D eigenvalue weighted by Crippen LogP contribution is -2.51. The number of amides is 1. The van der Waals surface area contributed by atoms with E-state index in [0.29, 0.717) is 0 Å². The van der Waals surface area contributed by atoms with Crippen LogP contribution in [0.25, 0.3) is 0 Å². The van der Waals surface area contributed by atoms with Crippen LogP contribution in [0.15, 0.2) is 12.2 Å². The Morgan fingerprint density at radius 1 is 1.22 bits per heavy atom. The fourth-order valence-electron chi connectivity index (χ4n) is 0.671. The zero-order valence-corrected chi connectivity index (χ0v) is 9.24. The lowest BCUT2D eigenvalue weighted by atomic mass is 10.3. The molecule has 0 atom stereocenters. The van der Waals surface area contributed by atoms with Gasteiger partial charge in [0.25, 0.3) is 5.91 Å². The molecule has 0 aromatic carbocycles. The molecule has 1 amide bonds. The predicted molar refractivity (Wildman–Crippen MR) is 49.8 cm³/mol. The first kappa shape index (κ1) is 16.3. The molecule has 0 rings (SSSR count). The lowest BCUT2D eigenvalue weighted by molar-refractivity contribution is -0.269. The normalized spacial score (nSPS) is 11.9. The topological polar surface area (TPSA) is 55.4 Å². The second-order valence-corrected chi connectivity index (χ2v) is 3.24. The number of hydrogen-bond acceptors (Lipinski definition) is 3. The van der Waals surface area contributed by atoms with Gasteiger partial charge in [0, 0.05) is 5.57 Å². The molecule has 0 aromatic rings. The highest BCUT2D eigenvalue weighted by Crippen LogP contribution is 2.35. The standard InChI is InChI=1S/C9H10F5NO3/c1-5(2)6(16)18-4-3-15-7(17)8(10,11)9(12,13)14/h1,3-4H2,2H3,(H,15,17). The van der Waals surface area contributed by atoms with Gasteiger partial charge in [-0.25, -0.2) is 4.79 Å². The van der Waals surface area contributed by atoms with Crippen molar-refractivity contribution in [3.63, 3.8) is 0 Å². The number of halogens is 5. The number of ether oxygens (including phenoxy) is 1. The minimum atomic E-state index is -5.97. The molecule has 9 heteroatoms. The molecule has 1 N–H and O–H groups in total. The maximum Gasteiger partial charge on any atom is 0.463 e. The van der Waals surface area contributed by atoms with Crippen molar-refractivity contribution >= 4 is 11.9 Å². The fourth-order valence-corrected chi connectivity index (χ4v) is 0.671. The fraction of sp³-hybridized carbons (Fsp3) is 0.556. The van der Waals surface area contributed by atoms with E-state index in [9.17, 15) is 31.5 Å². The Hall–Kier alpha value is -1.67. The van der Waals surface area contributed by atoms with Crippen molar-refractivity contribution < 1.29 is 36.3 Å². The number of nitrogens with one attached hydrogen (secondary N) is 1. The maximum atomic E-state index is 12.4. The summed E-state index contributed by atoms with van der Waals surface area (Å²) in [5, 5.41) is 1.31. The van der Waals surface area contributed by atoms with E-state index in [1.807, 2.05) is 0 Å². The Morgan fingerprint density at radius 2 is 1.72 bits per heavy atom. The van der Waals surface area contributed by atoms with Gasteiger partial charge in [0.05, 0.1) is 6.54 Å². The van der Waals surface area contributed by atoms with E-state index < -0.39 is 37.1 Å². The van der Waals surface area contributed by atoms with Crippen molar-refractivity contribution in [2.45, 2.75) is 19.0 Å². The molecule has 0 unspecified atom stereocenters. The zero-order valence-electron chi connectivity index (χ0n) is 9.24. The molecule has 4 nitrogen and oxygen atoms in total. The summed E-state index contributed by atoms with van der Waals surface area (Å²) in [4.78, 5) is 21.3. The number of hydrogen-bond donors (Lipinski definition) is 1.